The molecule has 0 saturated carbocycles. The Morgan fingerprint density at radius 3 is 2.65 bits per heavy atom. The van der Waals surface area contributed by atoms with E-state index >= 15 is 0 Å². The molecule has 1 aromatic heterocycles. The van der Waals surface area contributed by atoms with Gasteiger partial charge in [0.05, 0.1) is 0 Å². The maximum absolute atomic E-state index is 11.5. The number of aliphatic carboxylic acids is 1. The third-order valence-electron chi connectivity index (χ3n) is 2.16. The van der Waals surface area contributed by atoms with E-state index in [1.807, 2.05) is 6.92 Å². The van der Waals surface area contributed by atoms with E-state index in [0.717, 1.165) is 11.3 Å². The minimum absolute atomic E-state index is 0.0605. The summed E-state index contributed by atoms with van der Waals surface area (Å²) in [6, 6.07) is 0. The number of nitrogens with one attached hydrogen (secondary N) is 1. The second-order valence-electron chi connectivity index (χ2n) is 3.78. The Hall–Kier alpha value is -1.43. The van der Waals surface area contributed by atoms with Gasteiger partial charge in [-0.1, -0.05) is 6.42 Å². The number of rotatable bonds is 7. The van der Waals surface area contributed by atoms with Gasteiger partial charge in [0.1, 0.15) is 0 Å². The maximum atomic E-state index is 11.5. The number of unbranched alkanes of at least 4 members (excludes halogenated alkanes) is 2. The Bertz CT molecular complexity index is 390. The quantitative estimate of drug-likeness (QED) is 0.734. The van der Waals surface area contributed by atoms with E-state index in [2.05, 4.69) is 10.3 Å². The average Bonchev–Trinajstić information content (AvgIpc) is 2.63. The molecule has 6 heteroatoms. The fraction of sp³-hybridized carbons (Fsp3) is 0.545. The zero-order chi connectivity index (χ0) is 12.7. The summed E-state index contributed by atoms with van der Waals surface area (Å²) in [6.07, 6.45) is 4.40. The number of anilines is 1. The van der Waals surface area contributed by atoms with Gasteiger partial charge in [0, 0.05) is 23.9 Å². The summed E-state index contributed by atoms with van der Waals surface area (Å²) in [5, 5.41) is 11.8. The number of carbonyl (C=O) groups excluding carboxylic acids is 1. The van der Waals surface area contributed by atoms with E-state index in [-0.39, 0.29) is 12.3 Å². The molecule has 94 valence electrons. The van der Waals surface area contributed by atoms with Crippen molar-refractivity contribution in [3.05, 3.63) is 11.1 Å². The lowest BCUT2D eigenvalue weighted by Crippen LogP contribution is -2.10. The highest BCUT2D eigenvalue weighted by Crippen LogP contribution is 2.16. The molecule has 1 aromatic rings. The van der Waals surface area contributed by atoms with Crippen LogP contribution in [0.5, 0.6) is 0 Å². The molecular formula is C11H16N2O3S. The van der Waals surface area contributed by atoms with Gasteiger partial charge in [0.25, 0.3) is 0 Å². The Morgan fingerprint density at radius 1 is 1.35 bits per heavy atom. The van der Waals surface area contributed by atoms with Crippen LogP contribution in [0.15, 0.2) is 6.20 Å². The molecular weight excluding hydrogens is 240 g/mol. The Morgan fingerprint density at radius 2 is 2.06 bits per heavy atom. The molecule has 0 bridgehead atoms. The molecule has 0 radical (unpaired) electrons. The van der Waals surface area contributed by atoms with Crippen molar-refractivity contribution < 1.29 is 14.7 Å². The number of aromatic nitrogens is 1. The SMILES string of the molecule is Cc1cnc(NC(=O)CCCCCC(=O)O)s1. The largest absolute Gasteiger partial charge is 0.481 e. The number of aryl methyl sites for hydroxylation is 1. The first-order chi connectivity index (χ1) is 8.08. The van der Waals surface area contributed by atoms with Gasteiger partial charge in [-0.2, -0.15) is 0 Å². The number of carbonyl (C=O) groups is 2. The first-order valence-electron chi connectivity index (χ1n) is 5.52. The Labute approximate surface area is 104 Å². The van der Waals surface area contributed by atoms with Crippen molar-refractivity contribution in [3.8, 4) is 0 Å². The summed E-state index contributed by atoms with van der Waals surface area (Å²) in [6.45, 7) is 1.93. The van der Waals surface area contributed by atoms with Gasteiger partial charge < -0.3 is 10.4 Å². The summed E-state index contributed by atoms with van der Waals surface area (Å²) in [5.74, 6) is -0.845. The molecule has 0 aliphatic carbocycles. The third kappa shape index (κ3) is 6.01. The van der Waals surface area contributed by atoms with E-state index in [4.69, 9.17) is 5.11 Å². The zero-order valence-electron chi connectivity index (χ0n) is 9.73. The van der Waals surface area contributed by atoms with Crippen molar-refractivity contribution >= 4 is 28.3 Å². The normalized spacial score (nSPS) is 10.2. The molecule has 0 atom stereocenters. The Balaban J connectivity index is 2.11. The molecule has 17 heavy (non-hydrogen) atoms. The summed E-state index contributed by atoms with van der Waals surface area (Å²) in [4.78, 5) is 26.8. The maximum Gasteiger partial charge on any atom is 0.303 e. The molecule has 1 amide bonds. The topological polar surface area (TPSA) is 79.3 Å². The Kier molecular flexibility index (Phi) is 5.62. The molecule has 1 rings (SSSR count). The second kappa shape index (κ2) is 7.01. The van der Waals surface area contributed by atoms with Crippen molar-refractivity contribution in [2.24, 2.45) is 0 Å². The fourth-order valence-corrected chi connectivity index (χ4v) is 2.01. The fourth-order valence-electron chi connectivity index (χ4n) is 1.33. The molecule has 0 aromatic carbocycles. The minimum Gasteiger partial charge on any atom is -0.481 e. The number of carboxylic acids is 1. The molecule has 0 aliphatic rings. The van der Waals surface area contributed by atoms with Crippen molar-refractivity contribution in [1.82, 2.24) is 4.98 Å². The molecule has 0 saturated heterocycles. The van der Waals surface area contributed by atoms with Crippen LogP contribution in [-0.4, -0.2) is 22.0 Å². The van der Waals surface area contributed by atoms with Crippen LogP contribution < -0.4 is 5.32 Å². The molecule has 1 heterocycles. The lowest BCUT2D eigenvalue weighted by atomic mass is 10.1. The van der Waals surface area contributed by atoms with Crippen LogP contribution in [-0.2, 0) is 9.59 Å². The van der Waals surface area contributed by atoms with E-state index in [0.29, 0.717) is 24.4 Å². The number of hydrogen-bond acceptors (Lipinski definition) is 4. The van der Waals surface area contributed by atoms with E-state index in [1.54, 1.807) is 6.20 Å². The predicted molar refractivity (Wildman–Crippen MR) is 66.2 cm³/mol. The van der Waals surface area contributed by atoms with Gasteiger partial charge >= 0.3 is 5.97 Å². The lowest BCUT2D eigenvalue weighted by molar-refractivity contribution is -0.137. The summed E-state index contributed by atoms with van der Waals surface area (Å²) in [7, 11) is 0. The van der Waals surface area contributed by atoms with E-state index in [1.165, 1.54) is 11.3 Å². The predicted octanol–water partition coefficient (Wildman–Crippen LogP) is 2.43. The monoisotopic (exact) mass is 256 g/mol. The summed E-state index contributed by atoms with van der Waals surface area (Å²) in [5.41, 5.74) is 0. The van der Waals surface area contributed by atoms with E-state index in [9.17, 15) is 9.59 Å². The van der Waals surface area contributed by atoms with Crippen molar-refractivity contribution in [2.45, 2.75) is 39.0 Å². The molecule has 0 unspecified atom stereocenters. The van der Waals surface area contributed by atoms with Crippen molar-refractivity contribution in [1.29, 1.82) is 0 Å². The standard InChI is InChI=1S/C11H16N2O3S/c1-8-7-12-11(17-8)13-9(14)5-3-2-4-6-10(15)16/h7H,2-6H2,1H3,(H,15,16)(H,12,13,14). The number of nitrogens with zero attached hydrogens (tertiary/aromatic N) is 1. The summed E-state index contributed by atoms with van der Waals surface area (Å²) < 4.78 is 0. The molecule has 5 nitrogen and oxygen atoms in total. The van der Waals surface area contributed by atoms with Gasteiger partial charge in [-0.25, -0.2) is 4.98 Å². The van der Waals surface area contributed by atoms with E-state index < -0.39 is 5.97 Å². The van der Waals surface area contributed by atoms with Crippen molar-refractivity contribution in [3.63, 3.8) is 0 Å². The summed E-state index contributed by atoms with van der Waals surface area (Å²) >= 11 is 1.44. The third-order valence-corrected chi connectivity index (χ3v) is 2.99. The van der Waals surface area contributed by atoms with Crippen LogP contribution in [0.2, 0.25) is 0 Å². The van der Waals surface area contributed by atoms with Gasteiger partial charge in [0.2, 0.25) is 5.91 Å². The van der Waals surface area contributed by atoms with Crippen LogP contribution in [0.4, 0.5) is 5.13 Å². The number of thiazole rings is 1. The van der Waals surface area contributed by atoms with Gasteiger partial charge in [0.15, 0.2) is 5.13 Å². The number of hydrogen-bond donors (Lipinski definition) is 2. The molecule has 0 spiro atoms. The zero-order valence-corrected chi connectivity index (χ0v) is 10.5. The van der Waals surface area contributed by atoms with Crippen LogP contribution in [0.25, 0.3) is 0 Å². The smallest absolute Gasteiger partial charge is 0.303 e. The highest BCUT2D eigenvalue weighted by Gasteiger charge is 2.05. The highest BCUT2D eigenvalue weighted by atomic mass is 32.1. The van der Waals surface area contributed by atoms with Crippen LogP contribution >= 0.6 is 11.3 Å². The van der Waals surface area contributed by atoms with Crippen LogP contribution in [0.1, 0.15) is 37.0 Å². The van der Waals surface area contributed by atoms with Gasteiger partial charge in [-0.3, -0.25) is 9.59 Å². The molecule has 0 fully saturated rings. The number of carboxylic acid groups (broad SMARTS) is 1. The average molecular weight is 256 g/mol. The lowest BCUT2D eigenvalue weighted by Gasteiger charge is -2.01. The van der Waals surface area contributed by atoms with Gasteiger partial charge in [-0.05, 0) is 19.8 Å². The highest BCUT2D eigenvalue weighted by molar-refractivity contribution is 7.15. The van der Waals surface area contributed by atoms with Crippen LogP contribution in [0.3, 0.4) is 0 Å². The minimum atomic E-state index is -0.785. The number of amides is 1. The first kappa shape index (κ1) is 13.6. The van der Waals surface area contributed by atoms with Crippen LogP contribution in [0, 0.1) is 6.92 Å². The van der Waals surface area contributed by atoms with Crippen molar-refractivity contribution in [2.75, 3.05) is 5.32 Å². The molecule has 2 N–H and O–H groups in total. The van der Waals surface area contributed by atoms with Gasteiger partial charge in [-0.15, -0.1) is 11.3 Å². The molecule has 0 aliphatic heterocycles. The first-order valence-corrected chi connectivity index (χ1v) is 6.33. The second-order valence-corrected chi connectivity index (χ2v) is 5.01.